The van der Waals surface area contributed by atoms with Crippen LogP contribution in [0.2, 0.25) is 4.34 Å². The Morgan fingerprint density at radius 2 is 1.79 bits per heavy atom. The van der Waals surface area contributed by atoms with E-state index >= 15 is 0 Å². The van der Waals surface area contributed by atoms with Gasteiger partial charge in [0, 0.05) is 24.7 Å². The van der Waals surface area contributed by atoms with Gasteiger partial charge >= 0.3 is 0 Å². The van der Waals surface area contributed by atoms with Crippen LogP contribution < -0.4 is 4.90 Å². The Bertz CT molecular complexity index is 1460. The second-order valence-corrected chi connectivity index (χ2v) is 10.7. The van der Waals surface area contributed by atoms with Crippen molar-refractivity contribution in [1.29, 1.82) is 0 Å². The van der Waals surface area contributed by atoms with Crippen LogP contribution in [0.25, 0.3) is 32.9 Å². The lowest BCUT2D eigenvalue weighted by atomic mass is 9.96. The third-order valence-electron chi connectivity index (χ3n) is 6.67. The van der Waals surface area contributed by atoms with Crippen LogP contribution in [0.3, 0.4) is 0 Å². The maximum Gasteiger partial charge on any atom is 0.143 e. The van der Waals surface area contributed by atoms with Crippen molar-refractivity contribution in [3.05, 3.63) is 70.2 Å². The van der Waals surface area contributed by atoms with Gasteiger partial charge in [-0.05, 0) is 50.5 Å². The Labute approximate surface area is 207 Å². The molecule has 34 heavy (non-hydrogen) atoms. The summed E-state index contributed by atoms with van der Waals surface area (Å²) in [5.74, 6) is 2.49. The molecule has 0 atom stereocenters. The van der Waals surface area contributed by atoms with Crippen LogP contribution >= 0.6 is 22.9 Å². The normalized spacial score (nSPS) is 14.9. The first kappa shape index (κ1) is 21.4. The molecule has 8 heteroatoms. The molecule has 5 heterocycles. The topological polar surface area (TPSA) is 73.5 Å². The number of aromatic amines is 2. The number of rotatable bonds is 4. The largest absolute Gasteiger partial charge is 0.356 e. The van der Waals surface area contributed by atoms with Crippen LogP contribution in [0.1, 0.15) is 35.8 Å². The van der Waals surface area contributed by atoms with Gasteiger partial charge in [-0.1, -0.05) is 41.4 Å². The lowest BCUT2D eigenvalue weighted by Gasteiger charge is -2.32. The minimum Gasteiger partial charge on any atom is -0.356 e. The van der Waals surface area contributed by atoms with Crippen molar-refractivity contribution in [1.82, 2.24) is 24.9 Å². The van der Waals surface area contributed by atoms with Gasteiger partial charge in [-0.2, -0.15) is 0 Å². The smallest absolute Gasteiger partial charge is 0.143 e. The van der Waals surface area contributed by atoms with E-state index in [4.69, 9.17) is 16.6 Å². The summed E-state index contributed by atoms with van der Waals surface area (Å²) in [7, 11) is 0. The summed E-state index contributed by atoms with van der Waals surface area (Å²) in [6.07, 6.45) is 3.71. The zero-order valence-electron chi connectivity index (χ0n) is 19.1. The van der Waals surface area contributed by atoms with Gasteiger partial charge in [0.25, 0.3) is 0 Å². The molecule has 4 aromatic heterocycles. The first-order valence-corrected chi connectivity index (χ1v) is 12.7. The predicted molar refractivity (Wildman–Crippen MR) is 140 cm³/mol. The molecule has 0 aliphatic carbocycles. The number of H-pyrrole nitrogens is 2. The average molecular weight is 489 g/mol. The number of nitrogens with zero attached hydrogens (tertiary/aromatic N) is 4. The van der Waals surface area contributed by atoms with Crippen LogP contribution in [0.5, 0.6) is 0 Å². The lowest BCUT2D eigenvalue weighted by Crippen LogP contribution is -2.33. The van der Waals surface area contributed by atoms with E-state index < -0.39 is 0 Å². The third kappa shape index (κ3) is 3.89. The van der Waals surface area contributed by atoms with Crippen molar-refractivity contribution in [2.24, 2.45) is 0 Å². The Hall–Kier alpha value is -3.16. The molecule has 2 N–H and O–H groups in total. The fourth-order valence-corrected chi connectivity index (χ4v) is 5.89. The monoisotopic (exact) mass is 488 g/mol. The molecule has 0 unspecified atom stereocenters. The van der Waals surface area contributed by atoms with Crippen molar-refractivity contribution in [3.63, 3.8) is 0 Å². The molecule has 0 spiro atoms. The number of aryl methyl sites for hydroxylation is 2. The molecule has 0 amide bonds. The highest BCUT2D eigenvalue weighted by atomic mass is 35.5. The van der Waals surface area contributed by atoms with Crippen molar-refractivity contribution >= 4 is 39.8 Å². The van der Waals surface area contributed by atoms with Crippen molar-refractivity contribution in [2.75, 3.05) is 18.0 Å². The number of piperidine rings is 1. The highest BCUT2D eigenvalue weighted by Gasteiger charge is 2.26. The van der Waals surface area contributed by atoms with E-state index in [0.29, 0.717) is 5.92 Å². The third-order valence-corrected chi connectivity index (χ3v) is 7.92. The van der Waals surface area contributed by atoms with E-state index in [9.17, 15) is 0 Å². The van der Waals surface area contributed by atoms with Crippen molar-refractivity contribution in [2.45, 2.75) is 32.6 Å². The number of benzene rings is 1. The van der Waals surface area contributed by atoms with Gasteiger partial charge in [-0.25, -0.2) is 15.0 Å². The van der Waals surface area contributed by atoms with Crippen LogP contribution in [0.15, 0.2) is 48.8 Å². The standard InChI is InChI=1S/C26H25ClN6S/c1-15-3-5-17(6-4-15)20-13-19-25(31-20)28-14-29-26(19)33-11-9-18(10-12-33)24-30-16(2)23(32-24)21-7-8-22(27)34-21/h3-8,13-14,18H,9-12H2,1-2H3,(H,30,32)(H,28,29,31). The summed E-state index contributed by atoms with van der Waals surface area (Å²) in [6, 6.07) is 14.7. The minimum atomic E-state index is 0.408. The fraction of sp³-hybridized carbons (Fsp3) is 0.269. The highest BCUT2D eigenvalue weighted by molar-refractivity contribution is 7.19. The average Bonchev–Trinajstić information content (AvgIpc) is 3.57. The van der Waals surface area contributed by atoms with E-state index in [1.54, 1.807) is 17.7 Å². The van der Waals surface area contributed by atoms with Gasteiger partial charge < -0.3 is 14.9 Å². The molecule has 0 radical (unpaired) electrons. The second-order valence-electron chi connectivity index (χ2n) is 8.96. The molecular formula is C26H25ClN6S. The summed E-state index contributed by atoms with van der Waals surface area (Å²) in [5, 5.41) is 1.07. The van der Waals surface area contributed by atoms with Gasteiger partial charge in [-0.3, -0.25) is 0 Å². The summed E-state index contributed by atoms with van der Waals surface area (Å²) in [4.78, 5) is 24.6. The van der Waals surface area contributed by atoms with Crippen LogP contribution in [-0.2, 0) is 0 Å². The number of nitrogens with one attached hydrogen (secondary N) is 2. The van der Waals surface area contributed by atoms with E-state index in [2.05, 4.69) is 75.1 Å². The Kier molecular flexibility index (Phi) is 5.38. The van der Waals surface area contributed by atoms with Crippen LogP contribution in [-0.4, -0.2) is 38.0 Å². The lowest BCUT2D eigenvalue weighted by molar-refractivity contribution is 0.487. The van der Waals surface area contributed by atoms with E-state index in [1.165, 1.54) is 5.56 Å². The molecule has 1 aliphatic rings. The summed E-state index contributed by atoms with van der Waals surface area (Å²) in [6.45, 7) is 6.03. The maximum atomic E-state index is 6.14. The SMILES string of the molecule is Cc1ccc(-c2cc3c(N4CCC(c5nc(C)c(-c6ccc(Cl)s6)[nH]5)CC4)ncnc3[nH]2)cc1. The first-order valence-electron chi connectivity index (χ1n) is 11.5. The molecule has 0 bridgehead atoms. The highest BCUT2D eigenvalue weighted by Crippen LogP contribution is 2.36. The zero-order valence-corrected chi connectivity index (χ0v) is 20.7. The molecule has 6 nitrogen and oxygen atoms in total. The molecule has 6 rings (SSSR count). The minimum absolute atomic E-state index is 0.408. The van der Waals surface area contributed by atoms with Gasteiger partial charge in [0.1, 0.15) is 23.6 Å². The van der Waals surface area contributed by atoms with Gasteiger partial charge in [-0.15, -0.1) is 11.3 Å². The van der Waals surface area contributed by atoms with Gasteiger partial charge in [0.05, 0.1) is 26.0 Å². The predicted octanol–water partition coefficient (Wildman–Crippen LogP) is 6.73. The first-order chi connectivity index (χ1) is 16.5. The number of imidazole rings is 1. The van der Waals surface area contributed by atoms with Crippen molar-refractivity contribution in [3.8, 4) is 21.8 Å². The molecule has 1 aliphatic heterocycles. The second kappa shape index (κ2) is 8.56. The fourth-order valence-electron chi connectivity index (χ4n) is 4.80. The molecule has 1 fully saturated rings. The zero-order chi connectivity index (χ0) is 23.2. The number of hydrogen-bond acceptors (Lipinski definition) is 5. The van der Waals surface area contributed by atoms with Crippen molar-refractivity contribution < 1.29 is 0 Å². The number of anilines is 1. The Balaban J connectivity index is 1.22. The molecule has 0 saturated carbocycles. The number of hydrogen-bond donors (Lipinski definition) is 2. The molecule has 172 valence electrons. The number of thiophene rings is 1. The summed E-state index contributed by atoms with van der Waals surface area (Å²) < 4.78 is 0.797. The number of aromatic nitrogens is 5. The van der Waals surface area contributed by atoms with Crippen LogP contribution in [0, 0.1) is 13.8 Å². The van der Waals surface area contributed by atoms with Gasteiger partial charge in [0.15, 0.2) is 0 Å². The summed E-state index contributed by atoms with van der Waals surface area (Å²) >= 11 is 7.73. The Morgan fingerprint density at radius 3 is 2.53 bits per heavy atom. The molecule has 1 saturated heterocycles. The summed E-state index contributed by atoms with van der Waals surface area (Å²) in [5.41, 5.74) is 6.47. The maximum absolute atomic E-state index is 6.14. The number of halogens is 1. The van der Waals surface area contributed by atoms with Gasteiger partial charge in [0.2, 0.25) is 0 Å². The quantitative estimate of drug-likeness (QED) is 0.294. The molecule has 1 aromatic carbocycles. The Morgan fingerprint density at radius 1 is 1.00 bits per heavy atom. The van der Waals surface area contributed by atoms with E-state index in [0.717, 1.165) is 80.5 Å². The molecule has 5 aromatic rings. The van der Waals surface area contributed by atoms with E-state index in [-0.39, 0.29) is 0 Å². The van der Waals surface area contributed by atoms with Crippen LogP contribution in [0.4, 0.5) is 5.82 Å². The molecular weight excluding hydrogens is 464 g/mol. The van der Waals surface area contributed by atoms with E-state index in [1.807, 2.05) is 6.07 Å². The number of fused-ring (bicyclic) bond motifs is 1.